The number of carbonyl (C=O) groups is 3. The van der Waals surface area contributed by atoms with Gasteiger partial charge in [-0.25, -0.2) is 0 Å². The molecule has 0 spiro atoms. The molecular weight excluding hydrogens is 280 g/mol. The largest absolute Gasteiger partial charge is 0.481 e. The lowest BCUT2D eigenvalue weighted by Crippen LogP contribution is -2.44. The molecule has 0 saturated carbocycles. The summed E-state index contributed by atoms with van der Waals surface area (Å²) in [6.45, 7) is 4.84. The van der Waals surface area contributed by atoms with Gasteiger partial charge < -0.3 is 15.7 Å². The molecule has 0 fully saturated rings. The van der Waals surface area contributed by atoms with Crippen molar-refractivity contribution in [2.24, 2.45) is 5.92 Å². The highest BCUT2D eigenvalue weighted by atomic mass is 32.1. The van der Waals surface area contributed by atoms with Crippen LogP contribution in [-0.4, -0.2) is 35.5 Å². The number of aryl methyl sites for hydroxylation is 1. The Morgan fingerprint density at radius 1 is 1.30 bits per heavy atom. The van der Waals surface area contributed by atoms with E-state index in [-0.39, 0.29) is 12.5 Å². The zero-order valence-corrected chi connectivity index (χ0v) is 12.4. The Bertz CT molecular complexity index is 512. The molecule has 110 valence electrons. The maximum atomic E-state index is 11.7. The number of nitrogens with one attached hydrogen (secondary N) is 2. The molecule has 2 atom stereocenters. The number of carbonyl (C=O) groups excluding carboxylic acids is 2. The maximum Gasteiger partial charge on any atom is 0.308 e. The van der Waals surface area contributed by atoms with Crippen molar-refractivity contribution in [2.45, 2.75) is 26.8 Å². The lowest BCUT2D eigenvalue weighted by atomic mass is 10.0. The van der Waals surface area contributed by atoms with Gasteiger partial charge in [-0.2, -0.15) is 0 Å². The van der Waals surface area contributed by atoms with Crippen molar-refractivity contribution in [3.05, 3.63) is 21.9 Å². The van der Waals surface area contributed by atoms with E-state index in [1.54, 1.807) is 13.0 Å². The van der Waals surface area contributed by atoms with Crippen LogP contribution in [-0.2, 0) is 9.59 Å². The Morgan fingerprint density at radius 2 is 1.95 bits per heavy atom. The average Bonchev–Trinajstić information content (AvgIpc) is 2.81. The minimum Gasteiger partial charge on any atom is -0.481 e. The summed E-state index contributed by atoms with van der Waals surface area (Å²) in [6.07, 6.45) is 0. The summed E-state index contributed by atoms with van der Waals surface area (Å²) >= 11 is 1.35. The van der Waals surface area contributed by atoms with E-state index in [9.17, 15) is 14.4 Å². The second kappa shape index (κ2) is 7.04. The number of hydrogen-bond donors (Lipinski definition) is 3. The van der Waals surface area contributed by atoms with Gasteiger partial charge in [0.15, 0.2) is 0 Å². The number of amides is 2. The van der Waals surface area contributed by atoms with Crippen LogP contribution in [0.4, 0.5) is 0 Å². The molecule has 2 amide bonds. The highest BCUT2D eigenvalue weighted by molar-refractivity contribution is 7.13. The summed E-state index contributed by atoms with van der Waals surface area (Å²) in [5.74, 6) is -2.38. The van der Waals surface area contributed by atoms with Crippen LogP contribution >= 0.6 is 11.3 Å². The summed E-state index contributed by atoms with van der Waals surface area (Å²) < 4.78 is 0. The number of thiophene rings is 1. The molecule has 7 heteroatoms. The third kappa shape index (κ3) is 4.65. The van der Waals surface area contributed by atoms with Crippen molar-refractivity contribution in [3.63, 3.8) is 0 Å². The molecule has 0 aliphatic rings. The summed E-state index contributed by atoms with van der Waals surface area (Å²) in [5.41, 5.74) is 0. The van der Waals surface area contributed by atoms with Crippen LogP contribution in [0.15, 0.2) is 12.1 Å². The maximum absolute atomic E-state index is 11.7. The van der Waals surface area contributed by atoms with E-state index in [1.165, 1.54) is 18.3 Å². The van der Waals surface area contributed by atoms with Crippen molar-refractivity contribution in [1.82, 2.24) is 10.6 Å². The molecule has 1 heterocycles. The van der Waals surface area contributed by atoms with Gasteiger partial charge in [0.1, 0.15) is 0 Å². The van der Waals surface area contributed by atoms with Crippen LogP contribution < -0.4 is 10.6 Å². The average molecular weight is 298 g/mol. The fraction of sp³-hybridized carbons (Fsp3) is 0.462. The molecule has 1 aromatic rings. The molecule has 6 nitrogen and oxygen atoms in total. The van der Waals surface area contributed by atoms with E-state index < -0.39 is 23.8 Å². The van der Waals surface area contributed by atoms with Crippen LogP contribution in [0.3, 0.4) is 0 Å². The molecule has 0 bridgehead atoms. The van der Waals surface area contributed by atoms with Gasteiger partial charge in [0.2, 0.25) is 5.91 Å². The first-order valence-corrected chi connectivity index (χ1v) is 6.99. The smallest absolute Gasteiger partial charge is 0.308 e. The second-order valence-electron chi connectivity index (χ2n) is 4.58. The standard InChI is InChI=1S/C13H18N2O4S/c1-7-4-5-10(20-7)12(17)14-6-11(16)15-9(3)8(2)13(18)19/h4-5,8-9H,6H2,1-3H3,(H,14,17)(H,15,16)(H,18,19). The molecule has 0 radical (unpaired) electrons. The van der Waals surface area contributed by atoms with Gasteiger partial charge in [-0.1, -0.05) is 0 Å². The molecular formula is C13H18N2O4S. The topological polar surface area (TPSA) is 95.5 Å². The predicted octanol–water partition coefficient (Wildman–Crippen LogP) is 1.01. The summed E-state index contributed by atoms with van der Waals surface area (Å²) in [4.78, 5) is 35.6. The van der Waals surface area contributed by atoms with Gasteiger partial charge in [0, 0.05) is 10.9 Å². The van der Waals surface area contributed by atoms with Crippen LogP contribution in [0, 0.1) is 12.8 Å². The van der Waals surface area contributed by atoms with Crippen LogP contribution in [0.5, 0.6) is 0 Å². The number of aliphatic carboxylic acids is 1. The fourth-order valence-corrected chi connectivity index (χ4v) is 2.23. The third-order valence-electron chi connectivity index (χ3n) is 2.90. The predicted molar refractivity (Wildman–Crippen MR) is 75.8 cm³/mol. The second-order valence-corrected chi connectivity index (χ2v) is 5.86. The van der Waals surface area contributed by atoms with Gasteiger partial charge in [0.05, 0.1) is 17.3 Å². The van der Waals surface area contributed by atoms with Crippen LogP contribution in [0.1, 0.15) is 28.4 Å². The van der Waals surface area contributed by atoms with Crippen molar-refractivity contribution in [2.75, 3.05) is 6.54 Å². The zero-order chi connectivity index (χ0) is 15.3. The summed E-state index contributed by atoms with van der Waals surface area (Å²) in [6, 6.07) is 3.03. The van der Waals surface area contributed by atoms with Crippen molar-refractivity contribution >= 4 is 29.1 Å². The highest BCUT2D eigenvalue weighted by Crippen LogP contribution is 2.14. The van der Waals surface area contributed by atoms with E-state index in [1.807, 2.05) is 13.0 Å². The van der Waals surface area contributed by atoms with Gasteiger partial charge >= 0.3 is 5.97 Å². The normalized spacial score (nSPS) is 13.3. The molecule has 0 aliphatic heterocycles. The van der Waals surface area contributed by atoms with E-state index in [2.05, 4.69) is 10.6 Å². The Labute approximate surface area is 121 Å². The molecule has 3 N–H and O–H groups in total. The van der Waals surface area contributed by atoms with E-state index >= 15 is 0 Å². The number of carboxylic acid groups (broad SMARTS) is 1. The first-order valence-electron chi connectivity index (χ1n) is 6.18. The zero-order valence-electron chi connectivity index (χ0n) is 11.6. The van der Waals surface area contributed by atoms with Crippen molar-refractivity contribution < 1.29 is 19.5 Å². The first-order chi connectivity index (χ1) is 9.31. The van der Waals surface area contributed by atoms with Gasteiger partial charge in [-0.3, -0.25) is 14.4 Å². The first kappa shape index (κ1) is 16.2. The van der Waals surface area contributed by atoms with Crippen molar-refractivity contribution in [1.29, 1.82) is 0 Å². The Morgan fingerprint density at radius 3 is 2.45 bits per heavy atom. The lowest BCUT2D eigenvalue weighted by molar-refractivity contribution is -0.142. The van der Waals surface area contributed by atoms with Crippen LogP contribution in [0.2, 0.25) is 0 Å². The van der Waals surface area contributed by atoms with Gasteiger partial charge in [-0.05, 0) is 32.9 Å². The highest BCUT2D eigenvalue weighted by Gasteiger charge is 2.21. The van der Waals surface area contributed by atoms with Gasteiger partial charge in [-0.15, -0.1) is 11.3 Å². The van der Waals surface area contributed by atoms with E-state index in [0.29, 0.717) is 4.88 Å². The molecule has 0 saturated heterocycles. The van der Waals surface area contributed by atoms with E-state index in [0.717, 1.165) is 4.88 Å². The number of hydrogen-bond acceptors (Lipinski definition) is 4. The minimum atomic E-state index is -0.976. The summed E-state index contributed by atoms with van der Waals surface area (Å²) in [5, 5.41) is 13.9. The quantitative estimate of drug-likeness (QED) is 0.730. The molecule has 20 heavy (non-hydrogen) atoms. The minimum absolute atomic E-state index is 0.174. The molecule has 1 rings (SSSR count). The lowest BCUT2D eigenvalue weighted by Gasteiger charge is -2.17. The van der Waals surface area contributed by atoms with Crippen molar-refractivity contribution in [3.8, 4) is 0 Å². The number of carboxylic acids is 1. The molecule has 0 aromatic carbocycles. The fourth-order valence-electron chi connectivity index (χ4n) is 1.45. The molecule has 2 unspecified atom stereocenters. The Hall–Kier alpha value is -1.89. The molecule has 0 aliphatic carbocycles. The summed E-state index contributed by atoms with van der Waals surface area (Å²) in [7, 11) is 0. The van der Waals surface area contributed by atoms with Crippen LogP contribution in [0.25, 0.3) is 0 Å². The monoisotopic (exact) mass is 298 g/mol. The Balaban J connectivity index is 2.40. The SMILES string of the molecule is Cc1ccc(C(=O)NCC(=O)NC(C)C(C)C(=O)O)s1. The Kier molecular flexibility index (Phi) is 5.69. The third-order valence-corrected chi connectivity index (χ3v) is 3.90. The molecule has 1 aromatic heterocycles. The number of rotatable bonds is 6. The van der Waals surface area contributed by atoms with E-state index in [4.69, 9.17) is 5.11 Å². The van der Waals surface area contributed by atoms with Gasteiger partial charge in [0.25, 0.3) is 5.91 Å².